The van der Waals surface area contributed by atoms with Gasteiger partial charge in [0.1, 0.15) is 12.4 Å². The van der Waals surface area contributed by atoms with Crippen LogP contribution in [0.25, 0.3) is 11.3 Å². The fraction of sp³-hybridized carbons (Fsp3) is 0.400. The molecule has 2 aromatic carbocycles. The van der Waals surface area contributed by atoms with Gasteiger partial charge in [-0.3, -0.25) is 4.79 Å². The van der Waals surface area contributed by atoms with Crippen molar-refractivity contribution in [2.24, 2.45) is 0 Å². The number of likely N-dealkylation sites (N-methyl/N-ethyl adjacent to an activating group) is 2. The number of fused-ring (bicyclic) bond motifs is 2. The van der Waals surface area contributed by atoms with Crippen molar-refractivity contribution < 1.29 is 9.53 Å². The average Bonchev–Trinajstić information content (AvgIpc) is 3.32. The predicted octanol–water partition coefficient (Wildman–Crippen LogP) is 3.85. The molecule has 2 aliphatic rings. The Morgan fingerprint density at radius 3 is 2.63 bits per heavy atom. The molecule has 0 radical (unpaired) electrons. The van der Waals surface area contributed by atoms with Crippen LogP contribution in [0.3, 0.4) is 0 Å². The van der Waals surface area contributed by atoms with Gasteiger partial charge in [0.25, 0.3) is 5.91 Å². The second kappa shape index (κ2) is 9.02. The molecule has 0 saturated carbocycles. The first-order valence-corrected chi connectivity index (χ1v) is 10.9. The van der Waals surface area contributed by atoms with Crippen LogP contribution in [-0.4, -0.2) is 55.5 Å². The summed E-state index contributed by atoms with van der Waals surface area (Å²) in [5.41, 5.74) is 5.95. The number of nitrogens with zero attached hydrogens (tertiary/aromatic N) is 2. The van der Waals surface area contributed by atoms with E-state index in [1.54, 1.807) is 0 Å². The molecule has 30 heavy (non-hydrogen) atoms. The molecular weight excluding hydrogens is 374 g/mol. The Kier molecular flexibility index (Phi) is 6.21. The summed E-state index contributed by atoms with van der Waals surface area (Å²) in [5.74, 6) is 0.621. The number of benzene rings is 2. The minimum absolute atomic E-state index is 0.0845. The van der Waals surface area contributed by atoms with Crippen molar-refractivity contribution >= 4 is 22.9 Å². The highest BCUT2D eigenvalue weighted by Gasteiger charge is 2.32. The molecule has 2 aromatic rings. The SMILES string of the molecule is CCN(C)CCN(CC)CCc1ccc2c(c1)CO/C2=C1/C(=O)Nc2ccccc21. The monoisotopic (exact) mass is 405 g/mol. The van der Waals surface area contributed by atoms with Gasteiger partial charge < -0.3 is 19.9 Å². The van der Waals surface area contributed by atoms with E-state index in [1.165, 1.54) is 11.1 Å². The molecule has 0 saturated heterocycles. The highest BCUT2D eigenvalue weighted by atomic mass is 16.5. The maximum atomic E-state index is 12.6. The summed E-state index contributed by atoms with van der Waals surface area (Å²) in [6, 6.07) is 14.3. The van der Waals surface area contributed by atoms with E-state index in [-0.39, 0.29) is 5.91 Å². The molecule has 158 valence electrons. The highest BCUT2D eigenvalue weighted by molar-refractivity contribution is 6.36. The van der Waals surface area contributed by atoms with Crippen molar-refractivity contribution in [3.05, 3.63) is 64.7 Å². The number of anilines is 1. The summed E-state index contributed by atoms with van der Waals surface area (Å²) in [4.78, 5) is 17.4. The molecule has 0 unspecified atom stereocenters. The number of ether oxygens (including phenoxy) is 1. The first kappa shape index (κ1) is 20.6. The van der Waals surface area contributed by atoms with Crippen LogP contribution in [-0.2, 0) is 22.6 Å². The van der Waals surface area contributed by atoms with Crippen molar-refractivity contribution in [2.75, 3.05) is 45.1 Å². The third-order valence-corrected chi connectivity index (χ3v) is 6.19. The Morgan fingerprint density at radius 2 is 1.83 bits per heavy atom. The van der Waals surface area contributed by atoms with Gasteiger partial charge >= 0.3 is 0 Å². The van der Waals surface area contributed by atoms with Crippen molar-refractivity contribution in [3.63, 3.8) is 0 Å². The molecule has 0 atom stereocenters. The van der Waals surface area contributed by atoms with E-state index in [9.17, 15) is 4.79 Å². The lowest BCUT2D eigenvalue weighted by Gasteiger charge is -2.23. The molecule has 1 N–H and O–H groups in total. The Hall–Kier alpha value is -2.63. The van der Waals surface area contributed by atoms with Crippen LogP contribution in [0, 0.1) is 0 Å². The third kappa shape index (κ3) is 4.13. The fourth-order valence-electron chi connectivity index (χ4n) is 4.11. The molecule has 4 rings (SSSR count). The van der Waals surface area contributed by atoms with E-state index in [0.29, 0.717) is 17.9 Å². The maximum Gasteiger partial charge on any atom is 0.260 e. The van der Waals surface area contributed by atoms with Crippen molar-refractivity contribution in [2.45, 2.75) is 26.9 Å². The van der Waals surface area contributed by atoms with E-state index in [1.807, 2.05) is 24.3 Å². The topological polar surface area (TPSA) is 44.8 Å². The average molecular weight is 406 g/mol. The van der Waals surface area contributed by atoms with Gasteiger partial charge in [-0.15, -0.1) is 0 Å². The highest BCUT2D eigenvalue weighted by Crippen LogP contribution is 2.41. The van der Waals surface area contributed by atoms with Crippen LogP contribution in [0.15, 0.2) is 42.5 Å². The largest absolute Gasteiger partial charge is 0.487 e. The number of carbonyl (C=O) groups is 1. The quantitative estimate of drug-likeness (QED) is 0.678. The minimum Gasteiger partial charge on any atom is -0.487 e. The molecule has 5 heteroatoms. The number of nitrogens with one attached hydrogen (secondary N) is 1. The van der Waals surface area contributed by atoms with Crippen LogP contribution < -0.4 is 5.32 Å². The molecule has 5 nitrogen and oxygen atoms in total. The third-order valence-electron chi connectivity index (χ3n) is 6.19. The Labute approximate surface area is 179 Å². The number of para-hydroxylation sites is 1. The maximum absolute atomic E-state index is 12.6. The van der Waals surface area contributed by atoms with Gasteiger partial charge in [0, 0.05) is 42.0 Å². The normalized spacial score (nSPS) is 17.3. The van der Waals surface area contributed by atoms with Gasteiger partial charge in [-0.05, 0) is 38.2 Å². The van der Waals surface area contributed by atoms with Gasteiger partial charge in [0.05, 0.1) is 5.57 Å². The van der Waals surface area contributed by atoms with Crippen LogP contribution in [0.2, 0.25) is 0 Å². The standard InChI is InChI=1S/C25H31N3O2/c1-4-27(3)14-15-28(5-2)13-12-18-10-11-20-19(16-18)17-30-24(20)23-21-8-6-7-9-22(21)26-25(23)29/h6-11,16H,4-5,12-15,17H2,1-3H3,(H,26,29)/b24-23+. The van der Waals surface area contributed by atoms with Gasteiger partial charge in [-0.25, -0.2) is 0 Å². The number of hydrogen-bond acceptors (Lipinski definition) is 4. The van der Waals surface area contributed by atoms with Crippen molar-refractivity contribution in [3.8, 4) is 0 Å². The zero-order valence-electron chi connectivity index (χ0n) is 18.2. The van der Waals surface area contributed by atoms with E-state index in [4.69, 9.17) is 4.74 Å². The lowest BCUT2D eigenvalue weighted by Crippen LogP contribution is -2.34. The first-order valence-electron chi connectivity index (χ1n) is 10.9. The molecule has 0 aliphatic carbocycles. The van der Waals surface area contributed by atoms with Crippen molar-refractivity contribution in [1.29, 1.82) is 0 Å². The summed E-state index contributed by atoms with van der Waals surface area (Å²) in [6.45, 7) is 10.3. The smallest absolute Gasteiger partial charge is 0.260 e. The lowest BCUT2D eigenvalue weighted by atomic mass is 9.98. The Balaban J connectivity index is 1.49. The fourth-order valence-corrected chi connectivity index (χ4v) is 4.11. The summed E-state index contributed by atoms with van der Waals surface area (Å²) >= 11 is 0. The van der Waals surface area contributed by atoms with Crippen LogP contribution in [0.4, 0.5) is 5.69 Å². The second-order valence-electron chi connectivity index (χ2n) is 8.06. The number of amides is 1. The van der Waals surface area contributed by atoms with Crippen LogP contribution in [0.5, 0.6) is 0 Å². The molecule has 1 amide bonds. The number of rotatable bonds is 8. The van der Waals surface area contributed by atoms with E-state index in [2.05, 4.69) is 54.2 Å². The van der Waals surface area contributed by atoms with Crippen LogP contribution >= 0.6 is 0 Å². The molecular formula is C25H31N3O2. The number of hydrogen-bond donors (Lipinski definition) is 1. The predicted molar refractivity (Wildman–Crippen MR) is 122 cm³/mol. The van der Waals surface area contributed by atoms with E-state index < -0.39 is 0 Å². The molecule has 0 bridgehead atoms. The van der Waals surface area contributed by atoms with Gasteiger partial charge in [0.15, 0.2) is 0 Å². The van der Waals surface area contributed by atoms with E-state index in [0.717, 1.165) is 56.0 Å². The molecule has 0 aromatic heterocycles. The van der Waals surface area contributed by atoms with Crippen molar-refractivity contribution in [1.82, 2.24) is 9.80 Å². The lowest BCUT2D eigenvalue weighted by molar-refractivity contribution is -0.110. The Bertz CT molecular complexity index is 967. The summed E-state index contributed by atoms with van der Waals surface area (Å²) in [6.07, 6.45) is 1.02. The minimum atomic E-state index is -0.0845. The Morgan fingerprint density at radius 1 is 1.00 bits per heavy atom. The summed E-state index contributed by atoms with van der Waals surface area (Å²) in [5, 5.41) is 2.94. The molecule has 2 aliphatic heterocycles. The zero-order valence-corrected chi connectivity index (χ0v) is 18.2. The number of carbonyl (C=O) groups excluding carboxylic acids is 1. The van der Waals surface area contributed by atoms with Gasteiger partial charge in [-0.1, -0.05) is 50.2 Å². The molecule has 0 fully saturated rings. The van der Waals surface area contributed by atoms with Gasteiger partial charge in [0.2, 0.25) is 0 Å². The zero-order chi connectivity index (χ0) is 21.1. The van der Waals surface area contributed by atoms with Gasteiger partial charge in [-0.2, -0.15) is 0 Å². The van der Waals surface area contributed by atoms with E-state index >= 15 is 0 Å². The summed E-state index contributed by atoms with van der Waals surface area (Å²) in [7, 11) is 2.17. The van der Waals surface area contributed by atoms with Crippen LogP contribution in [0.1, 0.15) is 36.1 Å². The molecule has 0 spiro atoms. The molecule has 2 heterocycles. The summed E-state index contributed by atoms with van der Waals surface area (Å²) < 4.78 is 6.02. The first-order chi connectivity index (χ1) is 14.6. The second-order valence-corrected chi connectivity index (χ2v) is 8.06.